The van der Waals surface area contributed by atoms with Crippen LogP contribution in [-0.2, 0) is 0 Å². The number of benzene rings is 1. The van der Waals surface area contributed by atoms with Crippen molar-refractivity contribution >= 4 is 40.7 Å². The molecule has 0 bridgehead atoms. The van der Waals surface area contributed by atoms with Gasteiger partial charge in [-0.15, -0.1) is 24.8 Å². The Labute approximate surface area is 146 Å². The van der Waals surface area contributed by atoms with Crippen LogP contribution in [0, 0.1) is 11.7 Å². The minimum Gasteiger partial charge on any atom is -0.314 e. The van der Waals surface area contributed by atoms with Crippen LogP contribution < -0.4 is 5.32 Å². The van der Waals surface area contributed by atoms with Gasteiger partial charge in [0.15, 0.2) is 0 Å². The summed E-state index contributed by atoms with van der Waals surface area (Å²) in [6.07, 6.45) is 3.77. The maximum atomic E-state index is 14.2. The van der Waals surface area contributed by atoms with Gasteiger partial charge in [-0.2, -0.15) is 0 Å². The van der Waals surface area contributed by atoms with Crippen molar-refractivity contribution in [1.29, 1.82) is 0 Å². The predicted molar refractivity (Wildman–Crippen MR) is 93.1 cm³/mol. The van der Waals surface area contributed by atoms with Crippen molar-refractivity contribution in [3.8, 4) is 0 Å². The summed E-state index contributed by atoms with van der Waals surface area (Å²) < 4.78 is 15.2. The summed E-state index contributed by atoms with van der Waals surface area (Å²) in [5, 5.41) is 3.38. The van der Waals surface area contributed by atoms with Crippen molar-refractivity contribution in [3.05, 3.63) is 34.1 Å². The first-order valence-electron chi connectivity index (χ1n) is 7.15. The first-order valence-corrected chi connectivity index (χ1v) is 7.95. The fraction of sp³-hybridized carbons (Fsp3) is 0.600. The lowest BCUT2D eigenvalue weighted by Crippen LogP contribution is -2.48. The van der Waals surface area contributed by atoms with E-state index in [0.717, 1.165) is 36.2 Å². The van der Waals surface area contributed by atoms with Crippen molar-refractivity contribution in [2.24, 2.45) is 5.92 Å². The summed E-state index contributed by atoms with van der Waals surface area (Å²) in [4.78, 5) is 2.46. The van der Waals surface area contributed by atoms with Crippen LogP contribution in [0.25, 0.3) is 0 Å². The zero-order valence-electron chi connectivity index (χ0n) is 11.9. The number of piperazine rings is 1. The summed E-state index contributed by atoms with van der Waals surface area (Å²) in [6.45, 7) is 4.07. The van der Waals surface area contributed by atoms with Crippen LogP contribution in [0.15, 0.2) is 22.7 Å². The molecule has 1 heterocycles. The van der Waals surface area contributed by atoms with Gasteiger partial charge in [-0.25, -0.2) is 4.39 Å². The lowest BCUT2D eigenvalue weighted by atomic mass is 9.76. The fourth-order valence-electron chi connectivity index (χ4n) is 3.21. The molecule has 120 valence electrons. The first-order chi connectivity index (χ1) is 9.25. The minimum atomic E-state index is -0.0568. The van der Waals surface area contributed by atoms with Gasteiger partial charge in [0.2, 0.25) is 0 Å². The lowest BCUT2D eigenvalue weighted by molar-refractivity contribution is 0.0811. The average Bonchev–Trinajstić information content (AvgIpc) is 2.38. The van der Waals surface area contributed by atoms with Crippen LogP contribution in [0.1, 0.15) is 30.9 Å². The molecular formula is C15H22BrCl2FN2. The molecule has 6 heteroatoms. The SMILES string of the molecule is Cl.Cl.Fc1ccc(Br)cc1[C@@H](C1CCC1)N1CCNCC1. The van der Waals surface area contributed by atoms with Gasteiger partial charge >= 0.3 is 0 Å². The highest BCUT2D eigenvalue weighted by atomic mass is 79.9. The van der Waals surface area contributed by atoms with Gasteiger partial charge in [0.25, 0.3) is 0 Å². The Kier molecular flexibility index (Phi) is 7.93. The normalized spacial score (nSPS) is 20.9. The van der Waals surface area contributed by atoms with E-state index in [1.54, 1.807) is 12.1 Å². The van der Waals surface area contributed by atoms with E-state index in [1.807, 2.05) is 6.07 Å². The molecule has 1 aromatic carbocycles. The molecule has 1 aliphatic carbocycles. The Morgan fingerprint density at radius 2 is 1.86 bits per heavy atom. The highest BCUT2D eigenvalue weighted by Crippen LogP contribution is 2.42. The maximum Gasteiger partial charge on any atom is 0.128 e. The van der Waals surface area contributed by atoms with Gasteiger partial charge in [0, 0.05) is 42.3 Å². The molecule has 2 fully saturated rings. The van der Waals surface area contributed by atoms with Crippen LogP contribution >= 0.6 is 40.7 Å². The second-order valence-corrected chi connectivity index (χ2v) is 6.50. The second kappa shape index (κ2) is 8.68. The van der Waals surface area contributed by atoms with E-state index in [0.29, 0.717) is 5.92 Å². The Hall–Kier alpha value is 0.130. The molecule has 1 saturated carbocycles. The van der Waals surface area contributed by atoms with Crippen LogP contribution in [0.4, 0.5) is 4.39 Å². The second-order valence-electron chi connectivity index (χ2n) is 5.59. The molecule has 0 amide bonds. The van der Waals surface area contributed by atoms with Gasteiger partial charge in [0.1, 0.15) is 5.82 Å². The number of hydrogen-bond acceptors (Lipinski definition) is 2. The molecule has 0 spiro atoms. The molecule has 1 aliphatic heterocycles. The third kappa shape index (κ3) is 4.32. The van der Waals surface area contributed by atoms with Crippen LogP contribution in [-0.4, -0.2) is 31.1 Å². The molecule has 1 N–H and O–H groups in total. The number of halogens is 4. The molecule has 2 aliphatic rings. The summed E-state index contributed by atoms with van der Waals surface area (Å²) in [6, 6.07) is 5.61. The summed E-state index contributed by atoms with van der Waals surface area (Å²) >= 11 is 3.48. The standard InChI is InChI=1S/C15H20BrFN2.2ClH/c16-12-4-5-14(17)13(10-12)15(11-2-1-3-11)19-8-6-18-7-9-19;;/h4-5,10-11,15,18H,1-3,6-9H2;2*1H/t15-;;/m1../s1. The van der Waals surface area contributed by atoms with Crippen LogP contribution in [0.2, 0.25) is 0 Å². The topological polar surface area (TPSA) is 15.3 Å². The highest BCUT2D eigenvalue weighted by Gasteiger charge is 2.35. The van der Waals surface area contributed by atoms with Crippen molar-refractivity contribution < 1.29 is 4.39 Å². The number of nitrogens with zero attached hydrogens (tertiary/aromatic N) is 1. The average molecular weight is 400 g/mol. The highest BCUT2D eigenvalue weighted by molar-refractivity contribution is 9.10. The molecule has 0 unspecified atom stereocenters. The zero-order valence-corrected chi connectivity index (χ0v) is 15.1. The monoisotopic (exact) mass is 398 g/mol. The van der Waals surface area contributed by atoms with Crippen LogP contribution in [0.3, 0.4) is 0 Å². The van der Waals surface area contributed by atoms with Crippen molar-refractivity contribution in [2.75, 3.05) is 26.2 Å². The van der Waals surface area contributed by atoms with Crippen LogP contribution in [0.5, 0.6) is 0 Å². The van der Waals surface area contributed by atoms with Crippen molar-refractivity contribution in [3.63, 3.8) is 0 Å². The molecule has 3 rings (SSSR count). The number of nitrogens with one attached hydrogen (secondary N) is 1. The minimum absolute atomic E-state index is 0. The van der Waals surface area contributed by atoms with E-state index in [9.17, 15) is 4.39 Å². The molecule has 0 radical (unpaired) electrons. The zero-order chi connectivity index (χ0) is 13.2. The maximum absolute atomic E-state index is 14.2. The summed E-state index contributed by atoms with van der Waals surface area (Å²) in [5.74, 6) is 0.570. The van der Waals surface area contributed by atoms with Gasteiger partial charge in [-0.3, -0.25) is 4.90 Å². The molecule has 1 atom stereocenters. The molecule has 0 aromatic heterocycles. The molecule has 1 aromatic rings. The molecular weight excluding hydrogens is 378 g/mol. The lowest BCUT2D eigenvalue weighted by Gasteiger charge is -2.43. The van der Waals surface area contributed by atoms with E-state index in [-0.39, 0.29) is 36.7 Å². The Morgan fingerprint density at radius 3 is 2.43 bits per heavy atom. The first kappa shape index (κ1) is 19.2. The molecule has 2 nitrogen and oxygen atoms in total. The Bertz CT molecular complexity index is 451. The van der Waals surface area contributed by atoms with Gasteiger partial charge in [-0.05, 0) is 37.0 Å². The summed E-state index contributed by atoms with van der Waals surface area (Å²) in [5.41, 5.74) is 0.876. The van der Waals surface area contributed by atoms with Gasteiger partial charge < -0.3 is 5.32 Å². The largest absolute Gasteiger partial charge is 0.314 e. The Balaban J connectivity index is 0.00000110. The van der Waals surface area contributed by atoms with E-state index in [2.05, 4.69) is 26.1 Å². The quantitative estimate of drug-likeness (QED) is 0.820. The van der Waals surface area contributed by atoms with E-state index in [4.69, 9.17) is 0 Å². The van der Waals surface area contributed by atoms with Gasteiger partial charge in [0.05, 0.1) is 0 Å². The molecule has 1 saturated heterocycles. The van der Waals surface area contributed by atoms with Crippen molar-refractivity contribution in [2.45, 2.75) is 25.3 Å². The third-order valence-corrected chi connectivity index (χ3v) is 4.91. The fourth-order valence-corrected chi connectivity index (χ4v) is 3.58. The van der Waals surface area contributed by atoms with Crippen molar-refractivity contribution in [1.82, 2.24) is 10.2 Å². The van der Waals surface area contributed by atoms with E-state index < -0.39 is 0 Å². The molecule has 21 heavy (non-hydrogen) atoms. The number of hydrogen-bond donors (Lipinski definition) is 1. The summed E-state index contributed by atoms with van der Waals surface area (Å²) in [7, 11) is 0. The van der Waals surface area contributed by atoms with E-state index in [1.165, 1.54) is 19.3 Å². The van der Waals surface area contributed by atoms with Gasteiger partial charge in [-0.1, -0.05) is 22.4 Å². The van der Waals surface area contributed by atoms with E-state index >= 15 is 0 Å². The Morgan fingerprint density at radius 1 is 1.19 bits per heavy atom. The smallest absolute Gasteiger partial charge is 0.128 e. The third-order valence-electron chi connectivity index (χ3n) is 4.42. The number of rotatable bonds is 3. The predicted octanol–water partition coefficient (Wildman–Crippen LogP) is 4.18.